The third-order valence-corrected chi connectivity index (χ3v) is 3.59. The van der Waals surface area contributed by atoms with Gasteiger partial charge in [0.2, 0.25) is 0 Å². The van der Waals surface area contributed by atoms with Crippen molar-refractivity contribution in [3.8, 4) is 0 Å². The smallest absolute Gasteiger partial charge is 0.354 e. The number of benzene rings is 1. The second-order valence-corrected chi connectivity index (χ2v) is 4.76. The van der Waals surface area contributed by atoms with E-state index in [1.807, 2.05) is 12.1 Å². The zero-order chi connectivity index (χ0) is 12.7. The van der Waals surface area contributed by atoms with Crippen molar-refractivity contribution in [3.05, 3.63) is 52.8 Å². The molecule has 0 saturated heterocycles. The number of fused-ring (bicyclic) bond motifs is 1. The Morgan fingerprint density at radius 1 is 1.33 bits per heavy atom. The highest BCUT2D eigenvalue weighted by Gasteiger charge is 2.26. The van der Waals surface area contributed by atoms with Crippen molar-refractivity contribution in [1.29, 1.82) is 0 Å². The molecule has 0 aliphatic heterocycles. The van der Waals surface area contributed by atoms with Gasteiger partial charge in [-0.1, -0.05) is 24.3 Å². The van der Waals surface area contributed by atoms with Gasteiger partial charge in [-0.3, -0.25) is 4.68 Å². The molecule has 1 aliphatic rings. The second-order valence-electron chi connectivity index (χ2n) is 4.76. The zero-order valence-corrected chi connectivity index (χ0v) is 10.1. The standard InChI is InChI=1S/C14H14N2O2/c1-16-13(14(17)18)8-12(15-16)11-6-9-4-2-3-5-10(9)7-11/h2-5,8,11H,6-7H2,1H3,(H,17,18). The van der Waals surface area contributed by atoms with Gasteiger partial charge in [-0.2, -0.15) is 5.10 Å². The largest absolute Gasteiger partial charge is 0.477 e. The van der Waals surface area contributed by atoms with Crippen LogP contribution in [0.15, 0.2) is 30.3 Å². The fraction of sp³-hybridized carbons (Fsp3) is 0.286. The lowest BCUT2D eigenvalue weighted by Crippen LogP contribution is -2.05. The van der Waals surface area contributed by atoms with Crippen LogP contribution in [-0.2, 0) is 19.9 Å². The minimum absolute atomic E-state index is 0.251. The van der Waals surface area contributed by atoms with Crippen LogP contribution in [-0.4, -0.2) is 20.9 Å². The van der Waals surface area contributed by atoms with Crippen LogP contribution in [0.3, 0.4) is 0 Å². The summed E-state index contributed by atoms with van der Waals surface area (Å²) in [5.74, 6) is -0.617. The van der Waals surface area contributed by atoms with Crippen molar-refractivity contribution in [2.45, 2.75) is 18.8 Å². The SMILES string of the molecule is Cn1nc(C2Cc3ccccc3C2)cc1C(=O)O. The van der Waals surface area contributed by atoms with E-state index < -0.39 is 5.97 Å². The van der Waals surface area contributed by atoms with Crippen molar-refractivity contribution in [3.63, 3.8) is 0 Å². The normalized spacial score (nSPS) is 14.7. The molecular weight excluding hydrogens is 228 g/mol. The third-order valence-electron chi connectivity index (χ3n) is 3.59. The zero-order valence-electron chi connectivity index (χ0n) is 10.1. The van der Waals surface area contributed by atoms with Crippen LogP contribution < -0.4 is 0 Å². The molecule has 1 N–H and O–H groups in total. The molecule has 1 heterocycles. The van der Waals surface area contributed by atoms with Gasteiger partial charge in [0.15, 0.2) is 0 Å². The van der Waals surface area contributed by atoms with Gasteiger partial charge in [0.25, 0.3) is 0 Å². The Bertz CT molecular complexity index is 591. The maximum Gasteiger partial charge on any atom is 0.354 e. The highest BCUT2D eigenvalue weighted by molar-refractivity contribution is 5.85. The Hall–Kier alpha value is -2.10. The number of carboxylic acid groups (broad SMARTS) is 1. The number of carbonyl (C=O) groups is 1. The van der Waals surface area contributed by atoms with E-state index in [1.165, 1.54) is 15.8 Å². The first-order valence-electron chi connectivity index (χ1n) is 5.99. The average Bonchev–Trinajstić information content (AvgIpc) is 2.91. The molecule has 1 aliphatic carbocycles. The van der Waals surface area contributed by atoms with Crippen LogP contribution in [0.2, 0.25) is 0 Å². The van der Waals surface area contributed by atoms with Crippen molar-refractivity contribution in [2.24, 2.45) is 7.05 Å². The number of aryl methyl sites for hydroxylation is 1. The van der Waals surface area contributed by atoms with Crippen LogP contribution in [0.25, 0.3) is 0 Å². The second kappa shape index (κ2) is 3.98. The summed E-state index contributed by atoms with van der Waals surface area (Å²) in [6, 6.07) is 10.1. The molecule has 0 spiro atoms. The van der Waals surface area contributed by atoms with Gasteiger partial charge in [0, 0.05) is 13.0 Å². The number of hydrogen-bond acceptors (Lipinski definition) is 2. The van der Waals surface area contributed by atoms with E-state index in [0.717, 1.165) is 18.5 Å². The molecule has 0 atom stereocenters. The molecule has 0 amide bonds. The van der Waals surface area contributed by atoms with Gasteiger partial charge in [0.1, 0.15) is 5.69 Å². The Kier molecular flexibility index (Phi) is 2.44. The lowest BCUT2D eigenvalue weighted by molar-refractivity contribution is 0.0685. The molecule has 4 nitrogen and oxygen atoms in total. The summed E-state index contributed by atoms with van der Waals surface area (Å²) in [5.41, 5.74) is 3.84. The predicted octanol–water partition coefficient (Wildman–Crippen LogP) is 2.00. The monoisotopic (exact) mass is 242 g/mol. The molecule has 0 radical (unpaired) electrons. The van der Waals surface area contributed by atoms with Gasteiger partial charge < -0.3 is 5.11 Å². The highest BCUT2D eigenvalue weighted by Crippen LogP contribution is 2.33. The Morgan fingerprint density at radius 3 is 2.44 bits per heavy atom. The molecule has 2 aromatic rings. The van der Waals surface area contributed by atoms with Gasteiger partial charge in [-0.05, 0) is 30.0 Å². The number of hydrogen-bond donors (Lipinski definition) is 1. The molecule has 92 valence electrons. The van der Waals surface area contributed by atoms with Gasteiger partial charge in [-0.15, -0.1) is 0 Å². The van der Waals surface area contributed by atoms with Crippen molar-refractivity contribution in [1.82, 2.24) is 9.78 Å². The van der Waals surface area contributed by atoms with Crippen molar-refractivity contribution in [2.75, 3.05) is 0 Å². The maximum atomic E-state index is 11.0. The molecule has 1 aromatic heterocycles. The van der Waals surface area contributed by atoms with Gasteiger partial charge in [0.05, 0.1) is 5.69 Å². The van der Waals surface area contributed by atoms with Crippen LogP contribution >= 0.6 is 0 Å². The van der Waals surface area contributed by atoms with Crippen LogP contribution in [0.5, 0.6) is 0 Å². The molecule has 4 heteroatoms. The summed E-state index contributed by atoms with van der Waals surface area (Å²) >= 11 is 0. The molecule has 0 fully saturated rings. The van der Waals surface area contributed by atoms with E-state index in [9.17, 15) is 4.79 Å². The first kappa shape index (κ1) is 11.0. The van der Waals surface area contributed by atoms with E-state index in [1.54, 1.807) is 13.1 Å². The van der Waals surface area contributed by atoms with E-state index in [4.69, 9.17) is 5.11 Å². The molecule has 0 bridgehead atoms. The number of aromatic nitrogens is 2. The van der Waals surface area contributed by atoms with E-state index in [-0.39, 0.29) is 5.69 Å². The number of nitrogens with zero attached hydrogens (tertiary/aromatic N) is 2. The number of aromatic carboxylic acids is 1. The maximum absolute atomic E-state index is 11.0. The quantitative estimate of drug-likeness (QED) is 0.876. The van der Waals surface area contributed by atoms with Crippen LogP contribution in [0.4, 0.5) is 0 Å². The third kappa shape index (κ3) is 1.70. The summed E-state index contributed by atoms with van der Waals surface area (Å²) in [4.78, 5) is 11.0. The average molecular weight is 242 g/mol. The van der Waals surface area contributed by atoms with Gasteiger partial charge >= 0.3 is 5.97 Å². The van der Waals surface area contributed by atoms with E-state index in [0.29, 0.717) is 5.92 Å². The van der Waals surface area contributed by atoms with Crippen molar-refractivity contribution < 1.29 is 9.90 Å². The Labute approximate surface area is 105 Å². The van der Waals surface area contributed by atoms with Crippen molar-refractivity contribution >= 4 is 5.97 Å². The fourth-order valence-corrected chi connectivity index (χ4v) is 2.66. The summed E-state index contributed by atoms with van der Waals surface area (Å²) < 4.78 is 1.45. The summed E-state index contributed by atoms with van der Waals surface area (Å²) in [6.07, 6.45) is 1.90. The molecular formula is C14H14N2O2. The van der Waals surface area contributed by atoms with Gasteiger partial charge in [-0.25, -0.2) is 4.79 Å². The topological polar surface area (TPSA) is 55.1 Å². The Morgan fingerprint density at radius 2 is 1.94 bits per heavy atom. The molecule has 3 rings (SSSR count). The summed E-state index contributed by atoms with van der Waals surface area (Å²) in [6.45, 7) is 0. The number of rotatable bonds is 2. The lowest BCUT2D eigenvalue weighted by Gasteiger charge is -2.03. The minimum Gasteiger partial charge on any atom is -0.477 e. The van der Waals surface area contributed by atoms with Crippen LogP contribution in [0.1, 0.15) is 33.2 Å². The van der Waals surface area contributed by atoms with E-state index >= 15 is 0 Å². The van der Waals surface area contributed by atoms with E-state index in [2.05, 4.69) is 17.2 Å². The first-order valence-corrected chi connectivity index (χ1v) is 5.99. The van der Waals surface area contributed by atoms with Crippen LogP contribution in [0, 0.1) is 0 Å². The summed E-state index contributed by atoms with van der Waals surface area (Å²) in [7, 11) is 1.68. The molecule has 0 unspecified atom stereocenters. The Balaban J connectivity index is 1.91. The minimum atomic E-state index is -0.924. The number of carboxylic acids is 1. The summed E-state index contributed by atoms with van der Waals surface area (Å²) in [5, 5.41) is 13.4. The molecule has 18 heavy (non-hydrogen) atoms. The molecule has 1 aromatic carbocycles. The lowest BCUT2D eigenvalue weighted by atomic mass is 10.0. The predicted molar refractivity (Wildman–Crippen MR) is 66.8 cm³/mol. The highest BCUT2D eigenvalue weighted by atomic mass is 16.4. The first-order chi connectivity index (χ1) is 8.65. The molecule has 0 saturated carbocycles. The fourth-order valence-electron chi connectivity index (χ4n) is 2.66.